The number of benzene rings is 1. The van der Waals surface area contributed by atoms with Crippen molar-refractivity contribution in [2.75, 3.05) is 37.7 Å². The molecular formula is C29H50NO4S+. The van der Waals surface area contributed by atoms with Crippen LogP contribution in [0.1, 0.15) is 109 Å². The fraction of sp³-hybridized carbons (Fsp3) is 0.759. The highest BCUT2D eigenvalue weighted by Crippen LogP contribution is 2.51. The minimum Gasteiger partial charge on any atom is -0.504 e. The van der Waals surface area contributed by atoms with Gasteiger partial charge in [-0.05, 0) is 44.7 Å². The summed E-state index contributed by atoms with van der Waals surface area (Å²) < 4.78 is 13.1. The van der Waals surface area contributed by atoms with Gasteiger partial charge in [0.1, 0.15) is 0 Å². The molecule has 0 unspecified atom stereocenters. The summed E-state index contributed by atoms with van der Waals surface area (Å²) in [6.45, 7) is 16.5. The number of hydrogen-bond donors (Lipinski definition) is 1. The number of quaternary nitrogens is 1. The van der Waals surface area contributed by atoms with Gasteiger partial charge in [-0.1, -0.05) is 53.4 Å². The number of carbonyl (C=O) groups is 1. The van der Waals surface area contributed by atoms with Crippen LogP contribution in [0.5, 0.6) is 17.2 Å². The topological polar surface area (TPSA) is 55.8 Å². The Morgan fingerprint density at radius 2 is 1.31 bits per heavy atom. The van der Waals surface area contributed by atoms with Gasteiger partial charge in [0.05, 0.1) is 31.7 Å². The quantitative estimate of drug-likeness (QED) is 0.220. The molecule has 0 aromatic heterocycles. The highest BCUT2D eigenvalue weighted by atomic mass is 32.2. The summed E-state index contributed by atoms with van der Waals surface area (Å²) in [4.78, 5) is 11.6. The summed E-state index contributed by atoms with van der Waals surface area (Å²) in [6, 6.07) is 3.06. The zero-order valence-corrected chi connectivity index (χ0v) is 23.8. The third-order valence-corrected chi connectivity index (χ3v) is 8.23. The molecule has 1 aromatic carbocycles. The van der Waals surface area contributed by atoms with Gasteiger partial charge < -0.3 is 19.1 Å². The molecule has 1 saturated heterocycles. The van der Waals surface area contributed by atoms with E-state index in [0.717, 1.165) is 24.3 Å². The van der Waals surface area contributed by atoms with Gasteiger partial charge in [0.25, 0.3) is 5.79 Å². The molecule has 200 valence electrons. The first-order valence-corrected chi connectivity index (χ1v) is 15.2. The van der Waals surface area contributed by atoms with E-state index in [-0.39, 0.29) is 11.5 Å². The van der Waals surface area contributed by atoms with E-state index in [1.807, 2.05) is 11.8 Å². The van der Waals surface area contributed by atoms with Gasteiger partial charge in [0.2, 0.25) is 5.75 Å². The maximum atomic E-state index is 11.6. The van der Waals surface area contributed by atoms with Gasteiger partial charge in [0.15, 0.2) is 17.3 Å². The van der Waals surface area contributed by atoms with Gasteiger partial charge in [0, 0.05) is 24.3 Å². The van der Waals surface area contributed by atoms with Crippen molar-refractivity contribution < 1.29 is 23.9 Å². The number of nitrogens with zero attached hydrogens (tertiary/aromatic N) is 1. The van der Waals surface area contributed by atoms with Crippen molar-refractivity contribution in [2.45, 2.75) is 105 Å². The summed E-state index contributed by atoms with van der Waals surface area (Å²) in [6.07, 6.45) is 12.6. The van der Waals surface area contributed by atoms with Gasteiger partial charge in [-0.3, -0.25) is 4.79 Å². The monoisotopic (exact) mass is 508 g/mol. The predicted molar refractivity (Wildman–Crippen MR) is 148 cm³/mol. The van der Waals surface area contributed by atoms with Crippen molar-refractivity contribution in [3.05, 3.63) is 17.7 Å². The predicted octanol–water partition coefficient (Wildman–Crippen LogP) is 7.59. The normalized spacial score (nSPS) is 16.1. The number of rotatable bonds is 13. The molecule has 5 nitrogen and oxygen atoms in total. The smallest absolute Gasteiger partial charge is 0.253 e. The second-order valence-electron chi connectivity index (χ2n) is 10.2. The molecule has 2 heterocycles. The number of thioether (sulfide) groups is 1. The number of aromatic hydroxyl groups is 1. The number of ketones is 1. The molecule has 3 rings (SSSR count). The Morgan fingerprint density at radius 1 is 0.857 bits per heavy atom. The molecule has 0 amide bonds. The van der Waals surface area contributed by atoms with Crippen LogP contribution in [0.15, 0.2) is 12.1 Å². The highest BCUT2D eigenvalue weighted by Gasteiger charge is 2.45. The Kier molecular flexibility index (Phi) is 12.8. The second kappa shape index (κ2) is 15.0. The number of Topliss-reactive ketones (excluding diaryl/α,β-unsaturated/α-hetero) is 1. The molecule has 6 heteroatoms. The fourth-order valence-corrected chi connectivity index (χ4v) is 6.07. The summed E-state index contributed by atoms with van der Waals surface area (Å²) in [7, 11) is 0. The van der Waals surface area contributed by atoms with E-state index < -0.39 is 5.79 Å². The maximum absolute atomic E-state index is 11.6. The summed E-state index contributed by atoms with van der Waals surface area (Å²) in [5.41, 5.74) is 0.470. The maximum Gasteiger partial charge on any atom is 0.253 e. The number of phenols is 1. The first kappa shape index (κ1) is 29.8. The van der Waals surface area contributed by atoms with E-state index in [2.05, 4.69) is 27.7 Å². The lowest BCUT2D eigenvalue weighted by atomic mass is 10.1. The van der Waals surface area contributed by atoms with E-state index in [1.54, 1.807) is 6.07 Å². The zero-order valence-electron chi connectivity index (χ0n) is 23.0. The average Bonchev–Trinajstić information content (AvgIpc) is 3.23. The first-order valence-electron chi connectivity index (χ1n) is 14.0. The molecule has 0 atom stereocenters. The lowest BCUT2D eigenvalue weighted by molar-refractivity contribution is -0.929. The molecule has 35 heavy (non-hydrogen) atoms. The van der Waals surface area contributed by atoms with E-state index in [4.69, 9.17) is 9.47 Å². The standard InChI is InChI=1S/C16H36N.C13H14O4S/c1-5-9-13-17(14-10-6-2,15-11-7-3)16-12-8-4;1-8(14)9-2-3-10(15)12-11(9)16-13(17-12)4-6-18-7-5-13/h5-16H2,1-4H3;2-3,15H,4-7H2,1H3/q+1;. The number of unbranched alkanes of at least 4 members (excludes halogenated alkanes) is 4. The lowest BCUT2D eigenvalue weighted by Gasteiger charge is -2.39. The third-order valence-electron chi connectivity index (χ3n) is 7.25. The van der Waals surface area contributed by atoms with Crippen LogP contribution in [0.25, 0.3) is 0 Å². The van der Waals surface area contributed by atoms with Crippen LogP contribution in [0, 0.1) is 0 Å². The van der Waals surface area contributed by atoms with Gasteiger partial charge >= 0.3 is 0 Å². The summed E-state index contributed by atoms with van der Waals surface area (Å²) >= 11 is 1.86. The SMILES string of the molecule is CC(=O)c1ccc(O)c2c1OC1(CCSCC1)O2.CCCC[N+](CCCC)(CCCC)CCCC. The minimum atomic E-state index is -0.684. The Morgan fingerprint density at radius 3 is 1.74 bits per heavy atom. The van der Waals surface area contributed by atoms with E-state index >= 15 is 0 Å². The van der Waals surface area contributed by atoms with Crippen LogP contribution in [-0.2, 0) is 0 Å². The van der Waals surface area contributed by atoms with Crippen molar-refractivity contribution in [3.63, 3.8) is 0 Å². The second-order valence-corrected chi connectivity index (χ2v) is 11.4. The average molecular weight is 509 g/mol. The minimum absolute atomic E-state index is 0.0325. The first-order chi connectivity index (χ1) is 16.9. The van der Waals surface area contributed by atoms with Gasteiger partial charge in [-0.15, -0.1) is 0 Å². The van der Waals surface area contributed by atoms with Crippen molar-refractivity contribution in [3.8, 4) is 17.2 Å². The number of hydrogen-bond acceptors (Lipinski definition) is 5. The van der Waals surface area contributed by atoms with Gasteiger partial charge in [-0.2, -0.15) is 11.8 Å². The van der Waals surface area contributed by atoms with Gasteiger partial charge in [-0.25, -0.2) is 0 Å². The van der Waals surface area contributed by atoms with Crippen molar-refractivity contribution in [2.24, 2.45) is 0 Å². The molecule has 0 bridgehead atoms. The molecule has 0 saturated carbocycles. The third kappa shape index (κ3) is 8.59. The van der Waals surface area contributed by atoms with Crippen LogP contribution < -0.4 is 9.47 Å². The van der Waals surface area contributed by atoms with E-state index in [9.17, 15) is 9.90 Å². The van der Waals surface area contributed by atoms with Crippen LogP contribution in [-0.4, -0.2) is 58.8 Å². The number of phenolic OH excluding ortho intramolecular Hbond substituents is 1. The van der Waals surface area contributed by atoms with Crippen LogP contribution in [0.2, 0.25) is 0 Å². The lowest BCUT2D eigenvalue weighted by Crippen LogP contribution is -2.50. The number of carbonyl (C=O) groups excluding carboxylic acids is 1. The van der Waals surface area contributed by atoms with Crippen molar-refractivity contribution >= 4 is 17.5 Å². The molecule has 1 spiro atoms. The van der Waals surface area contributed by atoms with Crippen molar-refractivity contribution in [1.29, 1.82) is 0 Å². The Labute approximate surface area is 218 Å². The Bertz CT molecular complexity index is 739. The fourth-order valence-electron chi connectivity index (χ4n) is 4.95. The Balaban J connectivity index is 0.000000248. The molecule has 0 radical (unpaired) electrons. The van der Waals surface area contributed by atoms with E-state index in [0.29, 0.717) is 17.1 Å². The molecule has 1 aromatic rings. The van der Waals surface area contributed by atoms with Crippen molar-refractivity contribution in [1.82, 2.24) is 0 Å². The molecular weight excluding hydrogens is 458 g/mol. The molecule has 1 fully saturated rings. The summed E-state index contributed by atoms with van der Waals surface area (Å²) in [5.74, 6) is 1.90. The molecule has 1 N–H and O–H groups in total. The molecule has 2 aliphatic rings. The Hall–Kier alpha value is -1.40. The van der Waals surface area contributed by atoms with Crippen LogP contribution in [0.3, 0.4) is 0 Å². The molecule has 2 aliphatic heterocycles. The summed E-state index contributed by atoms with van der Waals surface area (Å²) in [5, 5.41) is 9.83. The number of fused-ring (bicyclic) bond motifs is 1. The van der Waals surface area contributed by atoms with Crippen LogP contribution in [0.4, 0.5) is 0 Å². The largest absolute Gasteiger partial charge is 0.504 e. The number of ether oxygens (including phenoxy) is 2. The van der Waals surface area contributed by atoms with E-state index in [1.165, 1.54) is 95.0 Å². The highest BCUT2D eigenvalue weighted by molar-refractivity contribution is 7.99. The molecule has 0 aliphatic carbocycles. The zero-order chi connectivity index (χ0) is 25.7. The van der Waals surface area contributed by atoms with Crippen LogP contribution >= 0.6 is 11.8 Å².